The zero-order chi connectivity index (χ0) is 26.5. The Morgan fingerprint density at radius 3 is 2.10 bits per heavy atom. The van der Waals surface area contributed by atoms with E-state index >= 15 is 0 Å². The molecule has 0 radical (unpaired) electrons. The Labute approximate surface area is 232 Å². The Bertz CT molecular complexity index is 1080. The number of rotatable bonds is 10. The molecule has 1 atom stereocenters. The maximum absolute atomic E-state index is 10.3. The Balaban J connectivity index is 1.05. The summed E-state index contributed by atoms with van der Waals surface area (Å²) in [4.78, 5) is 23.0. The number of aromatic nitrogens is 4. The van der Waals surface area contributed by atoms with Gasteiger partial charge in [0.1, 0.15) is 11.6 Å². The fourth-order valence-electron chi connectivity index (χ4n) is 7.39. The number of hydrogen-bond acceptors (Lipinski definition) is 6. The first-order valence-electron chi connectivity index (χ1n) is 15.0. The van der Waals surface area contributed by atoms with Crippen molar-refractivity contribution in [2.45, 2.75) is 89.6 Å². The molecule has 8 heteroatoms. The SMILES string of the molecule is OCC1CC2(CCN(C3CCCCC3)CC2)CN1Cc1ccc(CN(Cc2ncc[nH]2)Cc2ncc[nH]2)cc1. The van der Waals surface area contributed by atoms with E-state index in [2.05, 4.69) is 58.9 Å². The van der Waals surface area contributed by atoms with Crippen LogP contribution in [0.5, 0.6) is 0 Å². The van der Waals surface area contributed by atoms with E-state index < -0.39 is 0 Å². The first-order chi connectivity index (χ1) is 19.2. The van der Waals surface area contributed by atoms with E-state index in [0.29, 0.717) is 5.41 Å². The van der Waals surface area contributed by atoms with Gasteiger partial charge in [0, 0.05) is 56.5 Å². The Hall–Kier alpha value is -2.52. The highest BCUT2D eigenvalue weighted by Crippen LogP contribution is 2.44. The van der Waals surface area contributed by atoms with Gasteiger partial charge in [-0.1, -0.05) is 43.5 Å². The van der Waals surface area contributed by atoms with Crippen molar-refractivity contribution in [3.05, 3.63) is 71.8 Å². The predicted molar refractivity (Wildman–Crippen MR) is 153 cm³/mol. The summed E-state index contributed by atoms with van der Waals surface area (Å²) in [6.07, 6.45) is 18.1. The second kappa shape index (κ2) is 12.3. The molecule has 2 aromatic heterocycles. The minimum atomic E-state index is 0.265. The zero-order valence-electron chi connectivity index (χ0n) is 23.3. The van der Waals surface area contributed by atoms with Gasteiger partial charge in [0.25, 0.3) is 0 Å². The van der Waals surface area contributed by atoms with Crippen LogP contribution in [0.15, 0.2) is 49.1 Å². The lowest BCUT2D eigenvalue weighted by atomic mass is 9.76. The highest BCUT2D eigenvalue weighted by atomic mass is 16.3. The minimum absolute atomic E-state index is 0.265. The highest BCUT2D eigenvalue weighted by molar-refractivity contribution is 5.23. The number of likely N-dealkylation sites (tertiary alicyclic amines) is 2. The molecule has 39 heavy (non-hydrogen) atoms. The largest absolute Gasteiger partial charge is 0.395 e. The molecule has 0 amide bonds. The summed E-state index contributed by atoms with van der Waals surface area (Å²) < 4.78 is 0. The second-order valence-electron chi connectivity index (χ2n) is 12.3. The van der Waals surface area contributed by atoms with E-state index in [0.717, 1.165) is 56.8 Å². The molecule has 1 spiro atoms. The van der Waals surface area contributed by atoms with Gasteiger partial charge < -0.3 is 20.0 Å². The lowest BCUT2D eigenvalue weighted by molar-refractivity contribution is 0.0615. The van der Waals surface area contributed by atoms with Crippen molar-refractivity contribution >= 4 is 0 Å². The molecule has 2 aliphatic heterocycles. The van der Waals surface area contributed by atoms with Crippen molar-refractivity contribution in [2.24, 2.45) is 5.41 Å². The van der Waals surface area contributed by atoms with Crippen molar-refractivity contribution in [1.82, 2.24) is 34.6 Å². The van der Waals surface area contributed by atoms with Crippen LogP contribution in [0.4, 0.5) is 0 Å². The number of nitrogens with zero attached hydrogens (tertiary/aromatic N) is 5. The molecule has 3 N–H and O–H groups in total. The van der Waals surface area contributed by atoms with Crippen molar-refractivity contribution in [1.29, 1.82) is 0 Å². The van der Waals surface area contributed by atoms with Crippen molar-refractivity contribution in [2.75, 3.05) is 26.2 Å². The van der Waals surface area contributed by atoms with E-state index in [4.69, 9.17) is 0 Å². The maximum atomic E-state index is 10.3. The average Bonchev–Trinajstić information content (AvgIpc) is 3.74. The summed E-state index contributed by atoms with van der Waals surface area (Å²) in [6.45, 7) is 7.10. The van der Waals surface area contributed by atoms with E-state index in [-0.39, 0.29) is 12.6 Å². The monoisotopic (exact) mass is 531 g/mol. The van der Waals surface area contributed by atoms with Gasteiger partial charge in [-0.25, -0.2) is 9.97 Å². The van der Waals surface area contributed by atoms with Crippen LogP contribution in [-0.4, -0.2) is 78.1 Å². The lowest BCUT2D eigenvalue weighted by Gasteiger charge is -2.44. The fourth-order valence-corrected chi connectivity index (χ4v) is 7.39. The number of H-pyrrole nitrogens is 2. The number of aromatic amines is 2. The molecule has 4 heterocycles. The third kappa shape index (κ3) is 6.62. The number of aliphatic hydroxyl groups excluding tert-OH is 1. The molecule has 1 saturated carbocycles. The third-order valence-corrected chi connectivity index (χ3v) is 9.56. The quantitative estimate of drug-likeness (QED) is 0.361. The summed E-state index contributed by atoms with van der Waals surface area (Å²) in [5.41, 5.74) is 3.00. The van der Waals surface area contributed by atoms with Gasteiger partial charge in [0.15, 0.2) is 0 Å². The van der Waals surface area contributed by atoms with Crippen molar-refractivity contribution in [3.63, 3.8) is 0 Å². The molecule has 2 saturated heterocycles. The molecule has 6 rings (SSSR count). The van der Waals surface area contributed by atoms with Crippen molar-refractivity contribution < 1.29 is 5.11 Å². The molecule has 1 aromatic carbocycles. The summed E-state index contributed by atoms with van der Waals surface area (Å²) in [7, 11) is 0. The third-order valence-electron chi connectivity index (χ3n) is 9.56. The van der Waals surface area contributed by atoms with Crippen molar-refractivity contribution in [3.8, 4) is 0 Å². The molecule has 1 unspecified atom stereocenters. The standard InChI is InChI=1S/C31H45N7O/c39-23-28-18-31(10-16-37(17-11-31)27-4-2-1-3-5-27)24-38(28)20-26-8-6-25(7-9-26)19-36(21-29-32-12-13-33-29)22-30-34-14-15-35-30/h6-9,12-15,27-28,39H,1-5,10-11,16-24H2,(H,32,33)(H,34,35). The van der Waals surface area contributed by atoms with Gasteiger partial charge in [0.2, 0.25) is 0 Å². The van der Waals surface area contributed by atoms with Gasteiger partial charge >= 0.3 is 0 Å². The molecule has 1 aliphatic carbocycles. The van der Waals surface area contributed by atoms with Gasteiger partial charge in [-0.2, -0.15) is 0 Å². The highest BCUT2D eigenvalue weighted by Gasteiger charge is 2.45. The van der Waals surface area contributed by atoms with Gasteiger partial charge in [-0.05, 0) is 61.7 Å². The van der Waals surface area contributed by atoms with Gasteiger partial charge in [-0.3, -0.25) is 9.80 Å². The molecular formula is C31H45N7O. The Morgan fingerprint density at radius 2 is 1.51 bits per heavy atom. The molecule has 3 fully saturated rings. The van der Waals surface area contributed by atoms with Crippen LogP contribution in [0.25, 0.3) is 0 Å². The van der Waals surface area contributed by atoms with Crippen LogP contribution in [0.1, 0.15) is 74.1 Å². The van der Waals surface area contributed by atoms with Crippen LogP contribution in [0, 0.1) is 5.41 Å². The normalized spacial score (nSPS) is 22.8. The molecule has 0 bridgehead atoms. The Kier molecular flexibility index (Phi) is 8.44. The predicted octanol–water partition coefficient (Wildman–Crippen LogP) is 4.32. The zero-order valence-corrected chi connectivity index (χ0v) is 23.3. The average molecular weight is 532 g/mol. The first-order valence-corrected chi connectivity index (χ1v) is 15.0. The number of nitrogens with one attached hydrogen (secondary N) is 2. The van der Waals surface area contributed by atoms with E-state index in [1.807, 2.05) is 12.4 Å². The van der Waals surface area contributed by atoms with Crippen LogP contribution < -0.4 is 0 Å². The first kappa shape index (κ1) is 26.7. The van der Waals surface area contributed by atoms with E-state index in [9.17, 15) is 5.11 Å². The molecule has 8 nitrogen and oxygen atoms in total. The molecule has 210 valence electrons. The molecule has 3 aromatic rings. The summed E-state index contributed by atoms with van der Waals surface area (Å²) in [5, 5.41) is 10.3. The van der Waals surface area contributed by atoms with Gasteiger partial charge in [0.05, 0.1) is 19.7 Å². The van der Waals surface area contributed by atoms with Gasteiger partial charge in [-0.15, -0.1) is 0 Å². The number of aliphatic hydroxyl groups is 1. The number of benzene rings is 1. The summed E-state index contributed by atoms with van der Waals surface area (Å²) in [5.74, 6) is 1.92. The Morgan fingerprint density at radius 1 is 0.872 bits per heavy atom. The summed E-state index contributed by atoms with van der Waals surface area (Å²) in [6, 6.07) is 10.2. The number of hydrogen-bond donors (Lipinski definition) is 3. The minimum Gasteiger partial charge on any atom is -0.395 e. The van der Waals surface area contributed by atoms with Crippen LogP contribution in [0.2, 0.25) is 0 Å². The van der Waals surface area contributed by atoms with Crippen LogP contribution in [-0.2, 0) is 26.2 Å². The fraction of sp³-hybridized carbons (Fsp3) is 0.613. The van der Waals surface area contributed by atoms with E-state index in [1.165, 1.54) is 69.2 Å². The smallest absolute Gasteiger partial charge is 0.120 e. The number of piperidine rings is 1. The van der Waals surface area contributed by atoms with Crippen LogP contribution in [0.3, 0.4) is 0 Å². The lowest BCUT2D eigenvalue weighted by Crippen LogP contribution is -2.46. The molecular weight excluding hydrogens is 486 g/mol. The second-order valence-corrected chi connectivity index (χ2v) is 12.3. The van der Waals surface area contributed by atoms with Crippen LogP contribution >= 0.6 is 0 Å². The summed E-state index contributed by atoms with van der Waals surface area (Å²) >= 11 is 0. The topological polar surface area (TPSA) is 87.3 Å². The van der Waals surface area contributed by atoms with E-state index in [1.54, 1.807) is 12.4 Å². The molecule has 3 aliphatic rings. The number of imidazole rings is 2. The maximum Gasteiger partial charge on any atom is 0.120 e.